The van der Waals surface area contributed by atoms with E-state index in [4.69, 9.17) is 16.3 Å². The van der Waals surface area contributed by atoms with Gasteiger partial charge in [0.1, 0.15) is 5.82 Å². The molecule has 1 aromatic heterocycles. The Morgan fingerprint density at radius 3 is 2.37 bits per heavy atom. The summed E-state index contributed by atoms with van der Waals surface area (Å²) in [6.45, 7) is 8.07. The van der Waals surface area contributed by atoms with E-state index in [0.29, 0.717) is 24.4 Å². The lowest BCUT2D eigenvalue weighted by molar-refractivity contribution is 0.0542. The number of thiophene rings is 1. The molecular formula is C29H34ClFN2OS. The fourth-order valence-electron chi connectivity index (χ4n) is 5.58. The van der Waals surface area contributed by atoms with Gasteiger partial charge in [-0.25, -0.2) is 4.39 Å². The summed E-state index contributed by atoms with van der Waals surface area (Å²) in [6, 6.07) is 17.2. The van der Waals surface area contributed by atoms with Crippen molar-refractivity contribution in [2.45, 2.75) is 31.9 Å². The van der Waals surface area contributed by atoms with Crippen LogP contribution in [0.25, 0.3) is 0 Å². The Hall–Kier alpha value is -1.76. The van der Waals surface area contributed by atoms with Crippen LogP contribution in [-0.2, 0) is 17.9 Å². The number of benzene rings is 2. The second-order valence-corrected chi connectivity index (χ2v) is 11.3. The van der Waals surface area contributed by atoms with Gasteiger partial charge in [-0.05, 0) is 95.5 Å². The van der Waals surface area contributed by atoms with Crippen molar-refractivity contribution in [1.82, 2.24) is 9.80 Å². The Morgan fingerprint density at radius 2 is 1.66 bits per heavy atom. The molecule has 3 heterocycles. The van der Waals surface area contributed by atoms with Gasteiger partial charge in [0, 0.05) is 43.7 Å². The number of piperidine rings is 1. The maximum Gasteiger partial charge on any atom is 0.123 e. The molecule has 0 spiro atoms. The average Bonchev–Trinajstić information content (AvgIpc) is 3.53. The monoisotopic (exact) mass is 512 g/mol. The molecule has 0 aliphatic carbocycles. The molecule has 2 aliphatic rings. The summed E-state index contributed by atoms with van der Waals surface area (Å²) in [5, 5.41) is 5.35. The highest BCUT2D eigenvalue weighted by Gasteiger charge is 2.35. The second kappa shape index (κ2) is 12.0. The molecule has 2 aliphatic heterocycles. The Kier molecular flexibility index (Phi) is 8.53. The summed E-state index contributed by atoms with van der Waals surface area (Å²) in [5.74, 6) is 1.68. The minimum Gasteiger partial charge on any atom is -0.376 e. The van der Waals surface area contributed by atoms with Crippen LogP contribution in [0.1, 0.15) is 35.4 Å². The van der Waals surface area contributed by atoms with Gasteiger partial charge in [0.25, 0.3) is 0 Å². The van der Waals surface area contributed by atoms with Crippen LogP contribution in [0.15, 0.2) is 65.4 Å². The summed E-state index contributed by atoms with van der Waals surface area (Å²) < 4.78 is 19.0. The Bertz CT molecular complexity index is 1040. The normalized spacial score (nSPS) is 22.1. The van der Waals surface area contributed by atoms with E-state index in [1.54, 1.807) is 12.1 Å². The van der Waals surface area contributed by atoms with Crippen LogP contribution in [0.3, 0.4) is 0 Å². The summed E-state index contributed by atoms with van der Waals surface area (Å²) in [4.78, 5) is 5.29. The molecule has 0 radical (unpaired) electrons. The molecule has 2 unspecified atom stereocenters. The molecule has 5 rings (SSSR count). The first kappa shape index (κ1) is 24.9. The molecule has 0 N–H and O–H groups in total. The van der Waals surface area contributed by atoms with Gasteiger partial charge < -0.3 is 9.64 Å². The zero-order chi connectivity index (χ0) is 24.0. The average molecular weight is 513 g/mol. The number of rotatable bonds is 9. The van der Waals surface area contributed by atoms with Crippen molar-refractivity contribution < 1.29 is 9.13 Å². The van der Waals surface area contributed by atoms with E-state index < -0.39 is 0 Å². The summed E-state index contributed by atoms with van der Waals surface area (Å²) in [6.07, 6.45) is 2.38. The van der Waals surface area contributed by atoms with Crippen molar-refractivity contribution in [3.63, 3.8) is 0 Å². The van der Waals surface area contributed by atoms with Gasteiger partial charge in [-0.3, -0.25) is 4.90 Å². The van der Waals surface area contributed by atoms with E-state index >= 15 is 0 Å². The highest BCUT2D eigenvalue weighted by atomic mass is 35.5. The molecule has 2 saturated heterocycles. The van der Waals surface area contributed by atoms with Crippen molar-refractivity contribution in [2.24, 2.45) is 11.8 Å². The number of likely N-dealkylation sites (tertiary alicyclic amines) is 2. The van der Waals surface area contributed by atoms with Gasteiger partial charge in [0.2, 0.25) is 0 Å². The molecule has 6 heteroatoms. The SMILES string of the molecule is Fc1ccc(COCC2CCN(CC3CN(Cc4ccc(Cl)cc4)CC3c3ccsc3)CC2)cc1. The van der Waals surface area contributed by atoms with Crippen molar-refractivity contribution in [2.75, 3.05) is 39.3 Å². The molecule has 3 aromatic rings. The molecule has 0 bridgehead atoms. The molecule has 2 fully saturated rings. The summed E-state index contributed by atoms with van der Waals surface area (Å²) in [5.41, 5.74) is 3.87. The van der Waals surface area contributed by atoms with Crippen LogP contribution in [0.4, 0.5) is 4.39 Å². The smallest absolute Gasteiger partial charge is 0.123 e. The minimum atomic E-state index is -0.197. The first-order valence-electron chi connectivity index (χ1n) is 12.7. The van der Waals surface area contributed by atoms with Crippen molar-refractivity contribution in [3.05, 3.63) is 92.9 Å². The lowest BCUT2D eigenvalue weighted by Crippen LogP contribution is -2.39. The van der Waals surface area contributed by atoms with Crippen LogP contribution in [0, 0.1) is 17.7 Å². The van der Waals surface area contributed by atoms with E-state index in [9.17, 15) is 4.39 Å². The zero-order valence-corrected chi connectivity index (χ0v) is 21.7. The predicted octanol–water partition coefficient (Wildman–Crippen LogP) is 6.69. The topological polar surface area (TPSA) is 15.7 Å². The highest BCUT2D eigenvalue weighted by Crippen LogP contribution is 2.36. The quantitative estimate of drug-likeness (QED) is 0.318. The van der Waals surface area contributed by atoms with Gasteiger partial charge >= 0.3 is 0 Å². The van der Waals surface area contributed by atoms with Crippen LogP contribution in [-0.4, -0.2) is 49.1 Å². The second-order valence-electron chi connectivity index (χ2n) is 10.1. The molecule has 0 saturated carbocycles. The fourth-order valence-corrected chi connectivity index (χ4v) is 6.43. The van der Waals surface area contributed by atoms with Crippen molar-refractivity contribution in [3.8, 4) is 0 Å². The van der Waals surface area contributed by atoms with Crippen molar-refractivity contribution in [1.29, 1.82) is 0 Å². The maximum atomic E-state index is 13.1. The third-order valence-corrected chi connectivity index (χ3v) is 8.50. The Balaban J connectivity index is 1.10. The molecular weight excluding hydrogens is 479 g/mol. The van der Waals surface area contributed by atoms with E-state index in [2.05, 4.69) is 38.8 Å². The first-order chi connectivity index (χ1) is 17.1. The summed E-state index contributed by atoms with van der Waals surface area (Å²) in [7, 11) is 0. The van der Waals surface area contributed by atoms with Gasteiger partial charge in [-0.1, -0.05) is 35.9 Å². The fraction of sp³-hybridized carbons (Fsp3) is 0.448. The molecule has 3 nitrogen and oxygen atoms in total. The van der Waals surface area contributed by atoms with E-state index in [1.165, 1.54) is 42.6 Å². The lowest BCUT2D eigenvalue weighted by atomic mass is 9.89. The number of hydrogen-bond donors (Lipinski definition) is 0. The molecule has 35 heavy (non-hydrogen) atoms. The Labute approximate surface area is 217 Å². The third kappa shape index (κ3) is 6.93. The van der Waals surface area contributed by atoms with Gasteiger partial charge in [0.15, 0.2) is 0 Å². The number of nitrogens with zero attached hydrogens (tertiary/aromatic N) is 2. The summed E-state index contributed by atoms with van der Waals surface area (Å²) >= 11 is 7.89. The van der Waals surface area contributed by atoms with Gasteiger partial charge in [0.05, 0.1) is 6.61 Å². The van der Waals surface area contributed by atoms with Gasteiger partial charge in [-0.2, -0.15) is 11.3 Å². The van der Waals surface area contributed by atoms with Gasteiger partial charge in [-0.15, -0.1) is 0 Å². The molecule has 2 aromatic carbocycles. The van der Waals surface area contributed by atoms with Crippen LogP contribution >= 0.6 is 22.9 Å². The number of hydrogen-bond acceptors (Lipinski definition) is 4. The number of ether oxygens (including phenoxy) is 1. The largest absolute Gasteiger partial charge is 0.376 e. The van der Waals surface area contributed by atoms with Crippen LogP contribution in [0.2, 0.25) is 5.02 Å². The maximum absolute atomic E-state index is 13.1. The predicted molar refractivity (Wildman–Crippen MR) is 142 cm³/mol. The molecule has 186 valence electrons. The first-order valence-corrected chi connectivity index (χ1v) is 14.0. The van der Waals surface area contributed by atoms with Crippen molar-refractivity contribution >= 4 is 22.9 Å². The minimum absolute atomic E-state index is 0.197. The van der Waals surface area contributed by atoms with Crippen LogP contribution < -0.4 is 0 Å². The van der Waals surface area contributed by atoms with E-state index in [0.717, 1.165) is 49.9 Å². The van der Waals surface area contributed by atoms with E-state index in [1.807, 2.05) is 23.5 Å². The Morgan fingerprint density at radius 1 is 0.914 bits per heavy atom. The standard InChI is InChI=1S/C29H34ClFN2OS/c30-27-5-1-22(2-6-27)15-33-17-26(29(18-33)25-11-14-35-21-25)16-32-12-9-24(10-13-32)20-34-19-23-3-7-28(31)8-4-23/h1-8,11,14,21,24,26,29H,9-10,12-13,15-20H2. The number of halogens is 2. The highest BCUT2D eigenvalue weighted by molar-refractivity contribution is 7.08. The molecule has 0 amide bonds. The molecule has 2 atom stereocenters. The third-order valence-electron chi connectivity index (χ3n) is 7.54. The zero-order valence-electron chi connectivity index (χ0n) is 20.1. The lowest BCUT2D eigenvalue weighted by Gasteiger charge is -2.34. The van der Waals surface area contributed by atoms with Crippen LogP contribution in [0.5, 0.6) is 0 Å². The van der Waals surface area contributed by atoms with E-state index in [-0.39, 0.29) is 5.82 Å².